The standard InChI is InChI=1S/C12H13Cl2NO3/c1-15(11(16)4-5-12(17)18)7-8-2-3-9(13)10(14)6-8/h2-3,6H,4-5,7H2,1H3,(H,17,18). The van der Waals surface area contributed by atoms with Crippen molar-refractivity contribution in [2.24, 2.45) is 0 Å². The summed E-state index contributed by atoms with van der Waals surface area (Å²) in [5.41, 5.74) is 0.843. The molecule has 1 aromatic rings. The van der Waals surface area contributed by atoms with Crippen LogP contribution in [0.25, 0.3) is 0 Å². The zero-order chi connectivity index (χ0) is 13.7. The van der Waals surface area contributed by atoms with Crippen molar-refractivity contribution in [2.45, 2.75) is 19.4 Å². The van der Waals surface area contributed by atoms with Gasteiger partial charge in [0.2, 0.25) is 5.91 Å². The first-order valence-corrected chi connectivity index (χ1v) is 6.05. The number of nitrogens with zero attached hydrogens (tertiary/aromatic N) is 1. The second-order valence-electron chi connectivity index (χ2n) is 3.89. The number of carboxylic acid groups (broad SMARTS) is 1. The average molecular weight is 290 g/mol. The van der Waals surface area contributed by atoms with E-state index in [2.05, 4.69) is 0 Å². The summed E-state index contributed by atoms with van der Waals surface area (Å²) in [7, 11) is 1.62. The fraction of sp³-hybridized carbons (Fsp3) is 0.333. The van der Waals surface area contributed by atoms with Gasteiger partial charge >= 0.3 is 5.97 Å². The molecule has 0 saturated carbocycles. The molecule has 0 radical (unpaired) electrons. The Bertz CT molecular complexity index is 463. The maximum atomic E-state index is 11.6. The molecule has 1 N–H and O–H groups in total. The number of hydrogen-bond acceptors (Lipinski definition) is 2. The Kier molecular flexibility index (Phi) is 5.44. The van der Waals surface area contributed by atoms with Crippen molar-refractivity contribution < 1.29 is 14.7 Å². The van der Waals surface area contributed by atoms with Gasteiger partial charge in [0.05, 0.1) is 16.5 Å². The molecule has 1 amide bonds. The number of aliphatic carboxylic acids is 1. The Balaban J connectivity index is 2.58. The highest BCUT2D eigenvalue weighted by atomic mass is 35.5. The maximum absolute atomic E-state index is 11.6. The van der Waals surface area contributed by atoms with E-state index >= 15 is 0 Å². The van der Waals surface area contributed by atoms with Crippen LogP contribution in [0.1, 0.15) is 18.4 Å². The van der Waals surface area contributed by atoms with Gasteiger partial charge in [0, 0.05) is 20.0 Å². The van der Waals surface area contributed by atoms with Crippen LogP contribution in [0, 0.1) is 0 Å². The summed E-state index contributed by atoms with van der Waals surface area (Å²) in [6.45, 7) is 0.370. The highest BCUT2D eigenvalue weighted by Gasteiger charge is 2.11. The Morgan fingerprint density at radius 2 is 1.89 bits per heavy atom. The largest absolute Gasteiger partial charge is 0.481 e. The molecule has 1 rings (SSSR count). The first-order chi connectivity index (χ1) is 8.40. The molecule has 0 saturated heterocycles. The van der Waals surface area contributed by atoms with E-state index < -0.39 is 5.97 Å². The fourth-order valence-electron chi connectivity index (χ4n) is 1.40. The predicted molar refractivity (Wildman–Crippen MR) is 69.8 cm³/mol. The molecule has 0 aliphatic heterocycles. The van der Waals surface area contributed by atoms with Crippen LogP contribution < -0.4 is 0 Å². The minimum Gasteiger partial charge on any atom is -0.481 e. The summed E-state index contributed by atoms with van der Waals surface area (Å²) in [6, 6.07) is 5.12. The Hall–Kier alpha value is -1.26. The number of carbonyl (C=O) groups excluding carboxylic acids is 1. The van der Waals surface area contributed by atoms with Crippen molar-refractivity contribution in [1.82, 2.24) is 4.90 Å². The Morgan fingerprint density at radius 3 is 2.44 bits per heavy atom. The third-order valence-electron chi connectivity index (χ3n) is 2.38. The Morgan fingerprint density at radius 1 is 1.22 bits per heavy atom. The number of carbonyl (C=O) groups is 2. The summed E-state index contributed by atoms with van der Waals surface area (Å²) in [5.74, 6) is -1.20. The van der Waals surface area contributed by atoms with Crippen molar-refractivity contribution in [3.05, 3.63) is 33.8 Å². The van der Waals surface area contributed by atoms with Gasteiger partial charge in [-0.1, -0.05) is 29.3 Å². The maximum Gasteiger partial charge on any atom is 0.303 e. The molecular formula is C12H13Cl2NO3. The third-order valence-corrected chi connectivity index (χ3v) is 3.12. The molecule has 0 aliphatic rings. The van der Waals surface area contributed by atoms with Crippen molar-refractivity contribution in [3.8, 4) is 0 Å². The quantitative estimate of drug-likeness (QED) is 0.907. The first kappa shape index (κ1) is 14.8. The van der Waals surface area contributed by atoms with Crippen LogP contribution in [0.15, 0.2) is 18.2 Å². The van der Waals surface area contributed by atoms with Crippen LogP contribution in [0.5, 0.6) is 0 Å². The van der Waals surface area contributed by atoms with Gasteiger partial charge in [-0.05, 0) is 17.7 Å². The van der Waals surface area contributed by atoms with Crippen molar-refractivity contribution >= 4 is 35.1 Å². The lowest BCUT2D eigenvalue weighted by molar-refractivity contribution is -0.140. The lowest BCUT2D eigenvalue weighted by Crippen LogP contribution is -2.26. The van der Waals surface area contributed by atoms with E-state index in [1.807, 2.05) is 0 Å². The average Bonchev–Trinajstić information content (AvgIpc) is 2.30. The van der Waals surface area contributed by atoms with E-state index in [0.717, 1.165) is 5.56 Å². The van der Waals surface area contributed by atoms with Gasteiger partial charge in [0.25, 0.3) is 0 Å². The summed E-state index contributed by atoms with van der Waals surface area (Å²) in [4.78, 5) is 23.4. The number of rotatable bonds is 5. The van der Waals surface area contributed by atoms with Crippen LogP contribution in [0.3, 0.4) is 0 Å². The van der Waals surface area contributed by atoms with E-state index in [1.165, 1.54) is 4.90 Å². The molecule has 0 unspecified atom stereocenters. The lowest BCUT2D eigenvalue weighted by atomic mass is 10.2. The normalized spacial score (nSPS) is 10.2. The molecular weight excluding hydrogens is 277 g/mol. The Labute approximate surface area is 115 Å². The number of benzene rings is 1. The number of amides is 1. The van der Waals surface area contributed by atoms with Crippen molar-refractivity contribution in [3.63, 3.8) is 0 Å². The molecule has 0 atom stereocenters. The zero-order valence-corrected chi connectivity index (χ0v) is 11.3. The molecule has 0 heterocycles. The van der Waals surface area contributed by atoms with E-state index in [4.69, 9.17) is 28.3 Å². The van der Waals surface area contributed by atoms with Crippen LogP contribution in [-0.4, -0.2) is 28.9 Å². The monoisotopic (exact) mass is 289 g/mol. The first-order valence-electron chi connectivity index (χ1n) is 5.30. The van der Waals surface area contributed by atoms with Gasteiger partial charge in [-0.3, -0.25) is 9.59 Å². The van der Waals surface area contributed by atoms with E-state index in [9.17, 15) is 9.59 Å². The number of halogens is 2. The third kappa shape index (κ3) is 4.55. The van der Waals surface area contributed by atoms with Gasteiger partial charge < -0.3 is 10.0 Å². The number of hydrogen-bond donors (Lipinski definition) is 1. The highest BCUT2D eigenvalue weighted by molar-refractivity contribution is 6.42. The SMILES string of the molecule is CN(Cc1ccc(Cl)c(Cl)c1)C(=O)CCC(=O)O. The second kappa shape index (κ2) is 6.61. The van der Waals surface area contributed by atoms with Gasteiger partial charge in [-0.2, -0.15) is 0 Å². The summed E-state index contributed by atoms with van der Waals surface area (Å²) >= 11 is 11.7. The molecule has 98 valence electrons. The highest BCUT2D eigenvalue weighted by Crippen LogP contribution is 2.23. The fourth-order valence-corrected chi connectivity index (χ4v) is 1.73. The summed E-state index contributed by atoms with van der Waals surface area (Å²) < 4.78 is 0. The van der Waals surface area contributed by atoms with Gasteiger partial charge in [-0.15, -0.1) is 0 Å². The predicted octanol–water partition coefficient (Wildman–Crippen LogP) is 2.82. The van der Waals surface area contributed by atoms with E-state index in [1.54, 1.807) is 25.2 Å². The van der Waals surface area contributed by atoms with Gasteiger partial charge in [0.1, 0.15) is 0 Å². The lowest BCUT2D eigenvalue weighted by Gasteiger charge is -2.17. The van der Waals surface area contributed by atoms with Crippen LogP contribution in [-0.2, 0) is 16.1 Å². The van der Waals surface area contributed by atoms with Crippen LogP contribution >= 0.6 is 23.2 Å². The van der Waals surface area contributed by atoms with Crippen LogP contribution in [0.2, 0.25) is 10.0 Å². The molecule has 6 heteroatoms. The number of carboxylic acids is 1. The van der Waals surface area contributed by atoms with E-state index in [-0.39, 0.29) is 18.7 Å². The minimum atomic E-state index is -0.980. The van der Waals surface area contributed by atoms with Crippen molar-refractivity contribution in [1.29, 1.82) is 0 Å². The molecule has 0 fully saturated rings. The van der Waals surface area contributed by atoms with Gasteiger partial charge in [-0.25, -0.2) is 0 Å². The zero-order valence-electron chi connectivity index (χ0n) is 9.82. The van der Waals surface area contributed by atoms with Crippen LogP contribution in [0.4, 0.5) is 0 Å². The molecule has 0 spiro atoms. The molecule has 4 nitrogen and oxygen atoms in total. The van der Waals surface area contributed by atoms with E-state index in [0.29, 0.717) is 16.6 Å². The minimum absolute atomic E-state index is 0.00679. The summed E-state index contributed by atoms with van der Waals surface area (Å²) in [6.07, 6.45) is -0.169. The van der Waals surface area contributed by atoms with Gasteiger partial charge in [0.15, 0.2) is 0 Å². The molecule has 0 aromatic heterocycles. The molecule has 18 heavy (non-hydrogen) atoms. The molecule has 0 bridgehead atoms. The topological polar surface area (TPSA) is 57.6 Å². The summed E-state index contributed by atoms with van der Waals surface area (Å²) in [5, 5.41) is 9.39. The molecule has 1 aromatic carbocycles. The smallest absolute Gasteiger partial charge is 0.303 e. The molecule has 0 aliphatic carbocycles. The second-order valence-corrected chi connectivity index (χ2v) is 4.71. The van der Waals surface area contributed by atoms with Crippen molar-refractivity contribution in [2.75, 3.05) is 7.05 Å².